The molecule has 1 saturated heterocycles. The lowest BCUT2D eigenvalue weighted by Gasteiger charge is -2.42. The van der Waals surface area contributed by atoms with Gasteiger partial charge in [0.1, 0.15) is 5.76 Å². The second kappa shape index (κ2) is 8.35. The highest BCUT2D eigenvalue weighted by molar-refractivity contribution is 5.97. The van der Waals surface area contributed by atoms with Crippen LogP contribution in [0.3, 0.4) is 0 Å². The number of amides is 1. The molecule has 0 radical (unpaired) electrons. The molecule has 29 heavy (non-hydrogen) atoms. The highest BCUT2D eigenvalue weighted by Gasteiger charge is 2.38. The van der Waals surface area contributed by atoms with Crippen molar-refractivity contribution in [2.24, 2.45) is 5.92 Å². The van der Waals surface area contributed by atoms with Gasteiger partial charge in [0.25, 0.3) is 0 Å². The van der Waals surface area contributed by atoms with Crippen molar-refractivity contribution < 1.29 is 9.21 Å². The molecule has 1 saturated carbocycles. The van der Waals surface area contributed by atoms with E-state index in [9.17, 15) is 4.79 Å². The fraction of sp³-hybridized carbons (Fsp3) is 0.560. The Morgan fingerprint density at radius 3 is 2.66 bits per heavy atom. The molecule has 2 atom stereocenters. The highest BCUT2D eigenvalue weighted by Crippen LogP contribution is 2.38. The minimum absolute atomic E-state index is 0.205. The number of furan rings is 1. The second-order valence-electron chi connectivity index (χ2n) is 9.03. The van der Waals surface area contributed by atoms with Crippen LogP contribution in [-0.2, 0) is 11.2 Å². The third-order valence-corrected chi connectivity index (χ3v) is 7.24. The van der Waals surface area contributed by atoms with E-state index >= 15 is 0 Å². The van der Waals surface area contributed by atoms with Crippen molar-refractivity contribution >= 4 is 11.6 Å². The van der Waals surface area contributed by atoms with Gasteiger partial charge >= 0.3 is 0 Å². The number of rotatable bonds is 4. The predicted octanol–water partition coefficient (Wildman–Crippen LogP) is 5.34. The SMILES string of the molecule is O=C(C1CCCCC1)N1c2ccccc2CCC1CN1CCCC1c1ccco1. The first-order valence-electron chi connectivity index (χ1n) is 11.5. The van der Waals surface area contributed by atoms with Crippen LogP contribution in [-0.4, -0.2) is 29.9 Å². The Hall–Kier alpha value is -2.07. The Morgan fingerprint density at radius 2 is 1.83 bits per heavy atom. The summed E-state index contributed by atoms with van der Waals surface area (Å²) in [5.74, 6) is 1.65. The summed E-state index contributed by atoms with van der Waals surface area (Å²) in [4.78, 5) is 18.5. The summed E-state index contributed by atoms with van der Waals surface area (Å²) in [6.07, 6.45) is 12.0. The number of nitrogens with zero attached hydrogens (tertiary/aromatic N) is 2. The van der Waals surface area contributed by atoms with Crippen LogP contribution in [0.15, 0.2) is 47.1 Å². The molecule has 1 aromatic heterocycles. The second-order valence-corrected chi connectivity index (χ2v) is 9.03. The number of anilines is 1. The summed E-state index contributed by atoms with van der Waals surface area (Å²) in [6, 6.07) is 13.3. The average molecular weight is 393 g/mol. The standard InChI is InChI=1S/C25H32N2O2/c28-25(20-9-2-1-3-10-20)27-21(15-14-19-8-4-5-11-22(19)27)18-26-16-6-12-23(26)24-13-7-17-29-24/h4-5,7-8,11,13,17,20-21,23H,1-3,6,9-10,12,14-16,18H2. The molecule has 154 valence electrons. The lowest BCUT2D eigenvalue weighted by Crippen LogP contribution is -2.51. The molecule has 4 nitrogen and oxygen atoms in total. The van der Waals surface area contributed by atoms with Gasteiger partial charge in [0, 0.05) is 24.2 Å². The number of fused-ring (bicyclic) bond motifs is 1. The smallest absolute Gasteiger partial charge is 0.230 e. The fourth-order valence-corrected chi connectivity index (χ4v) is 5.74. The molecule has 2 unspecified atom stereocenters. The van der Waals surface area contributed by atoms with Crippen molar-refractivity contribution in [3.05, 3.63) is 54.0 Å². The van der Waals surface area contributed by atoms with Crippen LogP contribution in [0.4, 0.5) is 5.69 Å². The third kappa shape index (κ3) is 3.75. The van der Waals surface area contributed by atoms with Crippen molar-refractivity contribution in [3.63, 3.8) is 0 Å². The lowest BCUT2D eigenvalue weighted by molar-refractivity contribution is -0.124. The zero-order valence-electron chi connectivity index (χ0n) is 17.3. The van der Waals surface area contributed by atoms with E-state index in [2.05, 4.69) is 40.1 Å². The minimum atomic E-state index is 0.205. The number of benzene rings is 1. The summed E-state index contributed by atoms with van der Waals surface area (Å²) in [5.41, 5.74) is 2.49. The molecule has 1 aliphatic carbocycles. The normalized spacial score (nSPS) is 25.9. The van der Waals surface area contributed by atoms with E-state index in [4.69, 9.17) is 4.42 Å². The van der Waals surface area contributed by atoms with Gasteiger partial charge in [0.05, 0.1) is 12.3 Å². The zero-order chi connectivity index (χ0) is 19.6. The monoisotopic (exact) mass is 392 g/mol. The maximum absolute atomic E-state index is 13.7. The van der Waals surface area contributed by atoms with Gasteiger partial charge in [-0.05, 0) is 68.8 Å². The number of aryl methyl sites for hydroxylation is 1. The fourth-order valence-electron chi connectivity index (χ4n) is 5.74. The molecular formula is C25H32N2O2. The van der Waals surface area contributed by atoms with Crippen molar-refractivity contribution in [2.75, 3.05) is 18.0 Å². The Morgan fingerprint density at radius 1 is 0.966 bits per heavy atom. The van der Waals surface area contributed by atoms with Crippen molar-refractivity contribution in [3.8, 4) is 0 Å². The maximum Gasteiger partial charge on any atom is 0.230 e. The first-order chi connectivity index (χ1) is 14.3. The number of carbonyl (C=O) groups is 1. The van der Waals surface area contributed by atoms with Crippen LogP contribution in [0.25, 0.3) is 0 Å². The molecule has 3 heterocycles. The summed E-state index contributed by atoms with van der Waals surface area (Å²) in [6.45, 7) is 2.03. The van der Waals surface area contributed by atoms with Crippen molar-refractivity contribution in [1.82, 2.24) is 4.90 Å². The Bertz CT molecular complexity index is 825. The first kappa shape index (κ1) is 18.9. The van der Waals surface area contributed by atoms with Gasteiger partial charge in [0.15, 0.2) is 0 Å². The van der Waals surface area contributed by atoms with Gasteiger partial charge in [-0.2, -0.15) is 0 Å². The van der Waals surface area contributed by atoms with E-state index in [0.717, 1.165) is 56.6 Å². The molecule has 5 rings (SSSR count). The van der Waals surface area contributed by atoms with Gasteiger partial charge in [-0.3, -0.25) is 9.69 Å². The maximum atomic E-state index is 13.7. The molecule has 0 N–H and O–H groups in total. The summed E-state index contributed by atoms with van der Waals surface area (Å²) in [7, 11) is 0. The van der Waals surface area contributed by atoms with E-state index in [-0.39, 0.29) is 12.0 Å². The molecule has 0 spiro atoms. The molecular weight excluding hydrogens is 360 g/mol. The van der Waals surface area contributed by atoms with E-state index in [0.29, 0.717) is 11.9 Å². The predicted molar refractivity (Wildman–Crippen MR) is 115 cm³/mol. The van der Waals surface area contributed by atoms with Crippen LogP contribution in [0.1, 0.15) is 68.7 Å². The first-order valence-corrected chi connectivity index (χ1v) is 11.5. The topological polar surface area (TPSA) is 36.7 Å². The number of carbonyl (C=O) groups excluding carboxylic acids is 1. The number of para-hydroxylation sites is 1. The van der Waals surface area contributed by atoms with Gasteiger partial charge in [-0.15, -0.1) is 0 Å². The molecule has 2 fully saturated rings. The average Bonchev–Trinajstić information content (AvgIpc) is 3.45. The van der Waals surface area contributed by atoms with Crippen LogP contribution >= 0.6 is 0 Å². The van der Waals surface area contributed by atoms with E-state index in [1.807, 2.05) is 6.07 Å². The summed E-state index contributed by atoms with van der Waals surface area (Å²) < 4.78 is 5.74. The van der Waals surface area contributed by atoms with Crippen LogP contribution in [0, 0.1) is 5.92 Å². The summed E-state index contributed by atoms with van der Waals surface area (Å²) >= 11 is 0. The minimum Gasteiger partial charge on any atom is -0.468 e. The summed E-state index contributed by atoms with van der Waals surface area (Å²) in [5, 5.41) is 0. The van der Waals surface area contributed by atoms with Crippen LogP contribution in [0.5, 0.6) is 0 Å². The van der Waals surface area contributed by atoms with Crippen LogP contribution < -0.4 is 4.90 Å². The van der Waals surface area contributed by atoms with Crippen molar-refractivity contribution in [1.29, 1.82) is 0 Å². The van der Waals surface area contributed by atoms with Gasteiger partial charge in [-0.25, -0.2) is 0 Å². The largest absolute Gasteiger partial charge is 0.468 e. The Kier molecular flexibility index (Phi) is 5.45. The Balaban J connectivity index is 1.41. The van der Waals surface area contributed by atoms with E-state index in [1.54, 1.807) is 6.26 Å². The molecule has 2 aromatic rings. The molecule has 1 amide bonds. The Labute approximate surface area is 173 Å². The molecule has 4 heteroatoms. The van der Waals surface area contributed by atoms with E-state index < -0.39 is 0 Å². The van der Waals surface area contributed by atoms with E-state index in [1.165, 1.54) is 31.2 Å². The van der Waals surface area contributed by atoms with Crippen molar-refractivity contribution in [2.45, 2.75) is 69.9 Å². The zero-order valence-corrected chi connectivity index (χ0v) is 17.3. The van der Waals surface area contributed by atoms with Gasteiger partial charge < -0.3 is 9.32 Å². The number of hydrogen-bond donors (Lipinski definition) is 0. The molecule has 3 aliphatic rings. The number of hydrogen-bond acceptors (Lipinski definition) is 3. The van der Waals surface area contributed by atoms with Crippen LogP contribution in [0.2, 0.25) is 0 Å². The number of likely N-dealkylation sites (tertiary alicyclic amines) is 1. The quantitative estimate of drug-likeness (QED) is 0.704. The highest BCUT2D eigenvalue weighted by atomic mass is 16.3. The van der Waals surface area contributed by atoms with Gasteiger partial charge in [-0.1, -0.05) is 37.5 Å². The molecule has 2 aliphatic heterocycles. The van der Waals surface area contributed by atoms with Gasteiger partial charge in [0.2, 0.25) is 5.91 Å². The third-order valence-electron chi connectivity index (χ3n) is 7.24. The molecule has 0 bridgehead atoms. The lowest BCUT2D eigenvalue weighted by atomic mass is 9.86. The molecule has 1 aromatic carbocycles.